The third-order valence-electron chi connectivity index (χ3n) is 5.60. The summed E-state index contributed by atoms with van der Waals surface area (Å²) >= 11 is 0. The van der Waals surface area contributed by atoms with Gasteiger partial charge in [0.15, 0.2) is 0 Å². The van der Waals surface area contributed by atoms with Crippen LogP contribution in [0.15, 0.2) is 53.6 Å². The summed E-state index contributed by atoms with van der Waals surface area (Å²) in [5, 5.41) is 3.61. The van der Waals surface area contributed by atoms with Crippen LogP contribution in [0.2, 0.25) is 0 Å². The van der Waals surface area contributed by atoms with Crippen molar-refractivity contribution in [3.05, 3.63) is 54.5 Å². The Balaban J connectivity index is 1.33. The van der Waals surface area contributed by atoms with Crippen LogP contribution in [0, 0.1) is 5.82 Å². The van der Waals surface area contributed by atoms with Crippen molar-refractivity contribution in [3.63, 3.8) is 0 Å². The highest BCUT2D eigenvalue weighted by Gasteiger charge is 2.19. The van der Waals surface area contributed by atoms with E-state index in [1.54, 1.807) is 29.3 Å². The Bertz CT molecular complexity index is 1200. The van der Waals surface area contributed by atoms with Crippen LogP contribution in [-0.4, -0.2) is 75.5 Å². The maximum Gasteiger partial charge on any atom is 0.317 e. The van der Waals surface area contributed by atoms with Gasteiger partial charge in [-0.25, -0.2) is 22.3 Å². The van der Waals surface area contributed by atoms with E-state index in [4.69, 9.17) is 0 Å². The van der Waals surface area contributed by atoms with E-state index >= 15 is 0 Å². The highest BCUT2D eigenvalue weighted by molar-refractivity contribution is 7.89. The zero-order valence-corrected chi connectivity index (χ0v) is 18.6. The molecule has 32 heavy (non-hydrogen) atoms. The molecule has 0 atom stereocenters. The second-order valence-corrected chi connectivity index (χ2v) is 9.60. The number of hydrogen-bond donors (Lipinski definition) is 3. The van der Waals surface area contributed by atoms with Crippen molar-refractivity contribution in [2.24, 2.45) is 0 Å². The summed E-state index contributed by atoms with van der Waals surface area (Å²) in [6.07, 6.45) is 1.77. The summed E-state index contributed by atoms with van der Waals surface area (Å²) in [5.41, 5.74) is 2.36. The van der Waals surface area contributed by atoms with E-state index in [9.17, 15) is 17.6 Å². The largest absolute Gasteiger partial charge is 0.360 e. The fraction of sp³-hybridized carbons (Fsp3) is 0.318. The number of aromatic amines is 1. The number of urea groups is 1. The van der Waals surface area contributed by atoms with Crippen LogP contribution >= 0.6 is 0 Å². The van der Waals surface area contributed by atoms with Crippen LogP contribution in [-0.2, 0) is 10.0 Å². The van der Waals surface area contributed by atoms with E-state index in [0.29, 0.717) is 18.6 Å². The van der Waals surface area contributed by atoms with Crippen LogP contribution in [0.5, 0.6) is 0 Å². The summed E-state index contributed by atoms with van der Waals surface area (Å²) < 4.78 is 41.1. The van der Waals surface area contributed by atoms with Gasteiger partial charge in [-0.05, 0) is 42.9 Å². The Labute approximate surface area is 186 Å². The molecule has 0 unspecified atom stereocenters. The molecule has 0 saturated carbocycles. The summed E-state index contributed by atoms with van der Waals surface area (Å²) in [6.45, 7) is 3.26. The van der Waals surface area contributed by atoms with Crippen LogP contribution in [0.3, 0.4) is 0 Å². The Hall–Kier alpha value is -2.95. The molecule has 2 aromatic carbocycles. The quantitative estimate of drug-likeness (QED) is 0.493. The number of H-pyrrole nitrogens is 1. The fourth-order valence-corrected chi connectivity index (χ4v) is 4.74. The minimum absolute atomic E-state index is 0.0948. The second kappa shape index (κ2) is 9.27. The number of hydrogen-bond acceptors (Lipinski definition) is 4. The van der Waals surface area contributed by atoms with Gasteiger partial charge in [0.1, 0.15) is 5.82 Å². The molecule has 3 aromatic rings. The van der Waals surface area contributed by atoms with Crippen LogP contribution in [0.25, 0.3) is 22.0 Å². The molecule has 10 heteroatoms. The molecular weight excluding hydrogens is 433 g/mol. The minimum Gasteiger partial charge on any atom is -0.360 e. The van der Waals surface area contributed by atoms with Crippen molar-refractivity contribution in [3.8, 4) is 11.1 Å². The lowest BCUT2D eigenvalue weighted by Gasteiger charge is -2.32. The average molecular weight is 460 g/mol. The maximum atomic E-state index is 13.4. The number of sulfonamides is 1. The third kappa shape index (κ3) is 4.93. The van der Waals surface area contributed by atoms with Gasteiger partial charge in [0.2, 0.25) is 10.0 Å². The molecule has 2 heterocycles. The zero-order valence-electron chi connectivity index (χ0n) is 17.8. The van der Waals surface area contributed by atoms with Gasteiger partial charge in [0, 0.05) is 61.9 Å². The molecule has 0 aliphatic carbocycles. The van der Waals surface area contributed by atoms with E-state index in [-0.39, 0.29) is 29.8 Å². The van der Waals surface area contributed by atoms with Crippen molar-refractivity contribution in [1.29, 1.82) is 0 Å². The van der Waals surface area contributed by atoms with Gasteiger partial charge in [0.25, 0.3) is 0 Å². The summed E-state index contributed by atoms with van der Waals surface area (Å²) in [6, 6.07) is 10.8. The SMILES string of the molecule is CN1CCN(C(=O)NCCNS(=O)(=O)c2ccc(-c3c[nH]c4cc(F)ccc34)cc2)CC1. The topological polar surface area (TPSA) is 97.5 Å². The molecule has 2 amide bonds. The minimum atomic E-state index is -3.70. The molecule has 1 aromatic heterocycles. The van der Waals surface area contributed by atoms with Crippen molar-refractivity contribution < 1.29 is 17.6 Å². The molecule has 1 saturated heterocycles. The van der Waals surface area contributed by atoms with E-state index in [1.807, 2.05) is 7.05 Å². The molecule has 170 valence electrons. The van der Waals surface area contributed by atoms with Crippen LogP contribution in [0.4, 0.5) is 9.18 Å². The normalized spacial score (nSPS) is 15.2. The highest BCUT2D eigenvalue weighted by Crippen LogP contribution is 2.29. The number of amides is 2. The molecule has 0 bridgehead atoms. The molecule has 4 rings (SSSR count). The number of carbonyl (C=O) groups is 1. The number of likely N-dealkylation sites (N-methyl/N-ethyl adjacent to an activating group) is 1. The number of benzene rings is 2. The predicted octanol–water partition coefficient (Wildman–Crippen LogP) is 2.21. The lowest BCUT2D eigenvalue weighted by molar-refractivity contribution is 0.154. The highest BCUT2D eigenvalue weighted by atomic mass is 32.2. The second-order valence-electron chi connectivity index (χ2n) is 7.84. The lowest BCUT2D eigenvalue weighted by Crippen LogP contribution is -2.51. The first-order valence-corrected chi connectivity index (χ1v) is 11.9. The Kier molecular flexibility index (Phi) is 6.45. The van der Waals surface area contributed by atoms with E-state index < -0.39 is 10.0 Å². The maximum absolute atomic E-state index is 13.4. The molecule has 1 aliphatic rings. The number of rotatable bonds is 6. The molecule has 1 aliphatic heterocycles. The standard InChI is InChI=1S/C22H26FN5O3S/c1-27-10-12-28(13-11-27)22(29)24-8-9-26-32(30,31)18-5-2-16(3-6-18)20-15-25-21-14-17(23)4-7-19(20)21/h2-7,14-15,25-26H,8-13H2,1H3,(H,24,29). The smallest absolute Gasteiger partial charge is 0.317 e. The molecule has 0 spiro atoms. The third-order valence-corrected chi connectivity index (χ3v) is 7.08. The van der Waals surface area contributed by atoms with Gasteiger partial charge in [-0.3, -0.25) is 0 Å². The van der Waals surface area contributed by atoms with Gasteiger partial charge in [0.05, 0.1) is 4.90 Å². The predicted molar refractivity (Wildman–Crippen MR) is 121 cm³/mol. The molecule has 1 fully saturated rings. The van der Waals surface area contributed by atoms with E-state index in [0.717, 1.165) is 29.6 Å². The first-order valence-electron chi connectivity index (χ1n) is 10.4. The molecule has 0 radical (unpaired) electrons. The Morgan fingerprint density at radius 1 is 1.06 bits per heavy atom. The monoisotopic (exact) mass is 459 g/mol. The van der Waals surface area contributed by atoms with Crippen molar-refractivity contribution >= 4 is 27.0 Å². The Morgan fingerprint density at radius 2 is 1.78 bits per heavy atom. The summed E-state index contributed by atoms with van der Waals surface area (Å²) in [7, 11) is -1.69. The van der Waals surface area contributed by atoms with Crippen LogP contribution in [0.1, 0.15) is 0 Å². The number of fused-ring (bicyclic) bond motifs is 1. The van der Waals surface area contributed by atoms with E-state index in [2.05, 4.69) is 19.9 Å². The number of halogens is 1. The lowest BCUT2D eigenvalue weighted by atomic mass is 10.1. The molecular formula is C22H26FN5O3S. The number of nitrogens with zero attached hydrogens (tertiary/aromatic N) is 2. The first-order chi connectivity index (χ1) is 15.3. The Morgan fingerprint density at radius 3 is 2.50 bits per heavy atom. The van der Waals surface area contributed by atoms with Gasteiger partial charge in [-0.1, -0.05) is 12.1 Å². The number of aromatic nitrogens is 1. The fourth-order valence-electron chi connectivity index (χ4n) is 3.71. The van der Waals surface area contributed by atoms with Gasteiger partial charge >= 0.3 is 6.03 Å². The average Bonchev–Trinajstić information content (AvgIpc) is 3.20. The van der Waals surface area contributed by atoms with E-state index in [1.165, 1.54) is 24.3 Å². The summed E-state index contributed by atoms with van der Waals surface area (Å²) in [4.78, 5) is 19.2. The molecule has 8 nitrogen and oxygen atoms in total. The molecule has 3 N–H and O–H groups in total. The number of piperazine rings is 1. The van der Waals surface area contributed by atoms with Crippen molar-refractivity contribution in [2.75, 3.05) is 46.3 Å². The zero-order chi connectivity index (χ0) is 22.7. The van der Waals surface area contributed by atoms with Gasteiger partial charge < -0.3 is 20.1 Å². The number of carbonyl (C=O) groups excluding carboxylic acids is 1. The van der Waals surface area contributed by atoms with Crippen molar-refractivity contribution in [1.82, 2.24) is 24.8 Å². The number of nitrogens with one attached hydrogen (secondary N) is 3. The van der Waals surface area contributed by atoms with Crippen LogP contribution < -0.4 is 10.0 Å². The van der Waals surface area contributed by atoms with Crippen molar-refractivity contribution in [2.45, 2.75) is 4.90 Å². The van der Waals surface area contributed by atoms with Gasteiger partial charge in [-0.15, -0.1) is 0 Å². The first kappa shape index (κ1) is 22.3. The van der Waals surface area contributed by atoms with Gasteiger partial charge in [-0.2, -0.15) is 0 Å². The summed E-state index contributed by atoms with van der Waals surface area (Å²) in [5.74, 6) is -0.321.